The van der Waals surface area contributed by atoms with E-state index in [4.69, 9.17) is 5.73 Å². The lowest BCUT2D eigenvalue weighted by molar-refractivity contribution is 0.470. The fraction of sp³-hybridized carbons (Fsp3) is 0.500. The summed E-state index contributed by atoms with van der Waals surface area (Å²) in [5.41, 5.74) is 9.79. The normalized spacial score (nSPS) is 21.6. The van der Waals surface area contributed by atoms with E-state index in [0.29, 0.717) is 5.92 Å². The van der Waals surface area contributed by atoms with Crippen molar-refractivity contribution in [2.24, 2.45) is 18.7 Å². The van der Waals surface area contributed by atoms with Gasteiger partial charge in [-0.15, -0.1) is 0 Å². The highest BCUT2D eigenvalue weighted by molar-refractivity contribution is 5.76. The third-order valence-electron chi connectivity index (χ3n) is 4.12. The van der Waals surface area contributed by atoms with Gasteiger partial charge in [-0.1, -0.05) is 6.07 Å². The predicted octanol–water partition coefficient (Wildman–Crippen LogP) is 1.49. The molecule has 1 aliphatic rings. The van der Waals surface area contributed by atoms with Gasteiger partial charge in [-0.25, -0.2) is 4.98 Å². The van der Waals surface area contributed by atoms with E-state index in [1.807, 2.05) is 14.0 Å². The molecule has 1 saturated heterocycles. The number of nitrogens with two attached hydrogens (primary N) is 1. The minimum Gasteiger partial charge on any atom is -0.331 e. The highest BCUT2D eigenvalue weighted by Crippen LogP contribution is 2.27. The maximum Gasteiger partial charge on any atom is 0.106 e. The van der Waals surface area contributed by atoms with Crippen molar-refractivity contribution in [1.82, 2.24) is 14.9 Å². The summed E-state index contributed by atoms with van der Waals surface area (Å²) in [4.78, 5) is 4.57. The average Bonchev–Trinajstić information content (AvgIpc) is 2.98. The summed E-state index contributed by atoms with van der Waals surface area (Å²) in [6.07, 6.45) is 1.17. The van der Waals surface area contributed by atoms with Gasteiger partial charge in [0.15, 0.2) is 0 Å². The van der Waals surface area contributed by atoms with E-state index in [0.717, 1.165) is 24.4 Å². The summed E-state index contributed by atoms with van der Waals surface area (Å²) in [6, 6.07) is 6.54. The molecule has 18 heavy (non-hydrogen) atoms. The molecule has 4 heteroatoms. The zero-order valence-electron chi connectivity index (χ0n) is 11.0. The number of nitrogens with one attached hydrogen (secondary N) is 1. The predicted molar refractivity (Wildman–Crippen MR) is 73.4 cm³/mol. The Balaban J connectivity index is 1.97. The largest absolute Gasteiger partial charge is 0.331 e. The van der Waals surface area contributed by atoms with Gasteiger partial charge in [0.1, 0.15) is 5.82 Å². The van der Waals surface area contributed by atoms with Crippen molar-refractivity contribution in [3.05, 3.63) is 29.6 Å². The van der Waals surface area contributed by atoms with E-state index in [2.05, 4.69) is 33.1 Å². The average molecular weight is 244 g/mol. The van der Waals surface area contributed by atoms with Crippen LogP contribution in [0.1, 0.15) is 23.9 Å². The van der Waals surface area contributed by atoms with Crippen LogP contribution in [0.25, 0.3) is 11.0 Å². The molecule has 2 unspecified atom stereocenters. The Morgan fingerprint density at radius 2 is 2.33 bits per heavy atom. The number of imidazole rings is 1. The van der Waals surface area contributed by atoms with Gasteiger partial charge in [-0.05, 0) is 50.0 Å². The first-order chi connectivity index (χ1) is 8.66. The van der Waals surface area contributed by atoms with E-state index < -0.39 is 0 Å². The summed E-state index contributed by atoms with van der Waals surface area (Å²) < 4.78 is 2.11. The maximum atomic E-state index is 6.36. The monoisotopic (exact) mass is 244 g/mol. The van der Waals surface area contributed by atoms with Crippen LogP contribution in [0.4, 0.5) is 0 Å². The van der Waals surface area contributed by atoms with Crippen molar-refractivity contribution in [3.8, 4) is 0 Å². The Hall–Kier alpha value is -1.39. The smallest absolute Gasteiger partial charge is 0.106 e. The molecule has 96 valence electrons. The number of hydrogen-bond donors (Lipinski definition) is 2. The molecule has 3 N–H and O–H groups in total. The van der Waals surface area contributed by atoms with Crippen molar-refractivity contribution >= 4 is 11.0 Å². The van der Waals surface area contributed by atoms with Crippen LogP contribution >= 0.6 is 0 Å². The van der Waals surface area contributed by atoms with Gasteiger partial charge in [0.25, 0.3) is 0 Å². The summed E-state index contributed by atoms with van der Waals surface area (Å²) in [5, 5.41) is 3.37. The lowest BCUT2D eigenvalue weighted by atomic mass is 9.93. The molecule has 1 aliphatic heterocycles. The fourth-order valence-corrected chi connectivity index (χ4v) is 2.80. The third kappa shape index (κ3) is 1.82. The van der Waals surface area contributed by atoms with Gasteiger partial charge in [0.2, 0.25) is 0 Å². The molecular weight excluding hydrogens is 224 g/mol. The van der Waals surface area contributed by atoms with Gasteiger partial charge in [0.05, 0.1) is 11.0 Å². The summed E-state index contributed by atoms with van der Waals surface area (Å²) in [7, 11) is 2.05. The number of rotatable bonds is 2. The number of aryl methyl sites for hydroxylation is 2. The SMILES string of the molecule is Cc1nc2cc(C(N)C3CCNC3)ccc2n1C. The van der Waals surface area contributed by atoms with E-state index in [1.54, 1.807) is 0 Å². The second-order valence-corrected chi connectivity index (χ2v) is 5.24. The summed E-state index contributed by atoms with van der Waals surface area (Å²) >= 11 is 0. The van der Waals surface area contributed by atoms with Crippen molar-refractivity contribution in [2.45, 2.75) is 19.4 Å². The molecule has 0 saturated carbocycles. The minimum absolute atomic E-state index is 0.117. The van der Waals surface area contributed by atoms with Crippen molar-refractivity contribution in [2.75, 3.05) is 13.1 Å². The molecule has 2 heterocycles. The first-order valence-corrected chi connectivity index (χ1v) is 6.56. The summed E-state index contributed by atoms with van der Waals surface area (Å²) in [5.74, 6) is 1.59. The highest BCUT2D eigenvalue weighted by Gasteiger charge is 2.23. The molecule has 1 aromatic heterocycles. The van der Waals surface area contributed by atoms with Crippen molar-refractivity contribution < 1.29 is 0 Å². The molecule has 0 radical (unpaired) electrons. The lowest BCUT2D eigenvalue weighted by Gasteiger charge is -2.18. The Morgan fingerprint density at radius 3 is 3.06 bits per heavy atom. The quantitative estimate of drug-likeness (QED) is 0.841. The zero-order chi connectivity index (χ0) is 12.7. The molecule has 0 amide bonds. The molecule has 0 bridgehead atoms. The molecule has 1 fully saturated rings. The third-order valence-corrected chi connectivity index (χ3v) is 4.12. The molecule has 1 aromatic carbocycles. The fourth-order valence-electron chi connectivity index (χ4n) is 2.80. The van der Waals surface area contributed by atoms with Crippen LogP contribution in [0.5, 0.6) is 0 Å². The van der Waals surface area contributed by atoms with E-state index in [1.165, 1.54) is 17.5 Å². The molecular formula is C14H20N4. The number of aromatic nitrogens is 2. The number of fused-ring (bicyclic) bond motifs is 1. The summed E-state index contributed by atoms with van der Waals surface area (Å²) in [6.45, 7) is 4.14. The van der Waals surface area contributed by atoms with E-state index in [-0.39, 0.29) is 6.04 Å². The second-order valence-electron chi connectivity index (χ2n) is 5.24. The van der Waals surface area contributed by atoms with Gasteiger partial charge < -0.3 is 15.6 Å². The first kappa shape index (κ1) is 11.7. The molecule has 2 aromatic rings. The standard InChI is InChI=1S/C14H20N4/c1-9-17-12-7-10(3-4-13(12)18(9)2)14(15)11-5-6-16-8-11/h3-4,7,11,14,16H,5-6,8,15H2,1-2H3. The maximum absolute atomic E-state index is 6.36. The minimum atomic E-state index is 0.117. The van der Waals surface area contributed by atoms with Crippen LogP contribution < -0.4 is 11.1 Å². The molecule has 2 atom stereocenters. The van der Waals surface area contributed by atoms with Crippen LogP contribution in [-0.2, 0) is 7.05 Å². The van der Waals surface area contributed by atoms with Gasteiger partial charge in [-0.2, -0.15) is 0 Å². The first-order valence-electron chi connectivity index (χ1n) is 6.56. The van der Waals surface area contributed by atoms with E-state index in [9.17, 15) is 0 Å². The van der Waals surface area contributed by atoms with E-state index >= 15 is 0 Å². The van der Waals surface area contributed by atoms with Crippen molar-refractivity contribution in [1.29, 1.82) is 0 Å². The second kappa shape index (κ2) is 4.37. The Labute approximate surface area is 107 Å². The Bertz CT molecular complexity index is 566. The van der Waals surface area contributed by atoms with Crippen LogP contribution in [0.15, 0.2) is 18.2 Å². The van der Waals surface area contributed by atoms with Crippen LogP contribution in [0.3, 0.4) is 0 Å². The number of benzene rings is 1. The topological polar surface area (TPSA) is 55.9 Å². The van der Waals surface area contributed by atoms with Gasteiger partial charge in [-0.3, -0.25) is 0 Å². The molecule has 4 nitrogen and oxygen atoms in total. The van der Waals surface area contributed by atoms with Gasteiger partial charge in [0, 0.05) is 13.1 Å². The Morgan fingerprint density at radius 1 is 1.50 bits per heavy atom. The molecule has 3 rings (SSSR count). The van der Waals surface area contributed by atoms with Gasteiger partial charge >= 0.3 is 0 Å². The van der Waals surface area contributed by atoms with Crippen LogP contribution in [-0.4, -0.2) is 22.6 Å². The molecule has 0 aliphatic carbocycles. The van der Waals surface area contributed by atoms with Crippen LogP contribution in [0, 0.1) is 12.8 Å². The highest BCUT2D eigenvalue weighted by atomic mass is 15.0. The zero-order valence-corrected chi connectivity index (χ0v) is 11.0. The van der Waals surface area contributed by atoms with Crippen molar-refractivity contribution in [3.63, 3.8) is 0 Å². The Kier molecular flexibility index (Phi) is 2.84. The molecule has 0 spiro atoms. The number of hydrogen-bond acceptors (Lipinski definition) is 3. The number of nitrogens with zero attached hydrogens (tertiary/aromatic N) is 2. The van der Waals surface area contributed by atoms with Crippen LogP contribution in [0.2, 0.25) is 0 Å². The lowest BCUT2D eigenvalue weighted by Crippen LogP contribution is -2.23.